The largest absolute Gasteiger partial charge is 0.300 e. The molecule has 0 radical (unpaired) electrons. The van der Waals surface area contributed by atoms with Crippen LogP contribution in [0.1, 0.15) is 46.5 Å². The smallest absolute Gasteiger partial charge is 0.249 e. The molecule has 1 N–H and O–H groups in total. The van der Waals surface area contributed by atoms with E-state index in [0.29, 0.717) is 12.8 Å². The number of allylic oxidation sites excluding steroid dienone is 4. The van der Waals surface area contributed by atoms with Gasteiger partial charge in [0.1, 0.15) is 6.04 Å². The van der Waals surface area contributed by atoms with Crippen LogP contribution in [0.2, 0.25) is 0 Å². The SMILES string of the molecule is CC.CC1=CC=CC2=C(CC(=O)N2C2CCC(=O)NC2=O)C1. The lowest BCUT2D eigenvalue weighted by atomic mass is 10.0. The molecule has 0 aromatic carbocycles. The van der Waals surface area contributed by atoms with Gasteiger partial charge in [0.05, 0.1) is 6.42 Å². The molecule has 1 atom stereocenters. The summed E-state index contributed by atoms with van der Waals surface area (Å²) >= 11 is 0. The van der Waals surface area contributed by atoms with Crippen LogP contribution in [0.5, 0.6) is 0 Å². The van der Waals surface area contributed by atoms with E-state index in [9.17, 15) is 14.4 Å². The normalized spacial score (nSPS) is 24.3. The van der Waals surface area contributed by atoms with E-state index in [4.69, 9.17) is 0 Å². The highest BCUT2D eigenvalue weighted by Gasteiger charge is 2.40. The standard InChI is InChI=1S/C15H16N2O3.C2H6/c1-9-3-2-4-11-10(7-9)8-14(19)17(11)12-5-6-13(18)16-15(12)20;1-2/h2-4,12H,5-8H2,1H3,(H,16,18,20);1-2H3. The molecule has 1 aliphatic carbocycles. The van der Waals surface area contributed by atoms with E-state index in [1.165, 1.54) is 5.57 Å². The summed E-state index contributed by atoms with van der Waals surface area (Å²) < 4.78 is 0. The summed E-state index contributed by atoms with van der Waals surface area (Å²) in [4.78, 5) is 37.0. The highest BCUT2D eigenvalue weighted by Crippen LogP contribution is 2.34. The average Bonchev–Trinajstić information content (AvgIpc) is 2.66. The molecule has 3 amide bonds. The first-order valence-corrected chi connectivity index (χ1v) is 7.78. The van der Waals surface area contributed by atoms with E-state index in [1.54, 1.807) is 4.90 Å². The van der Waals surface area contributed by atoms with Gasteiger partial charge in [-0.15, -0.1) is 0 Å². The lowest BCUT2D eigenvalue weighted by molar-refractivity contribution is -0.142. The highest BCUT2D eigenvalue weighted by atomic mass is 16.2. The topological polar surface area (TPSA) is 66.5 Å². The zero-order chi connectivity index (χ0) is 16.3. The number of imide groups is 1. The Hall–Kier alpha value is -2.17. The second-order valence-corrected chi connectivity index (χ2v) is 5.45. The third-order valence-corrected chi connectivity index (χ3v) is 3.90. The summed E-state index contributed by atoms with van der Waals surface area (Å²) in [5.74, 6) is -0.685. The first kappa shape index (κ1) is 16.2. The van der Waals surface area contributed by atoms with Crippen LogP contribution in [0.25, 0.3) is 0 Å². The number of amides is 3. The van der Waals surface area contributed by atoms with Crippen molar-refractivity contribution in [2.45, 2.75) is 52.5 Å². The van der Waals surface area contributed by atoms with Crippen LogP contribution in [0.15, 0.2) is 35.1 Å². The molecule has 118 valence electrons. The van der Waals surface area contributed by atoms with Gasteiger partial charge < -0.3 is 0 Å². The van der Waals surface area contributed by atoms with E-state index < -0.39 is 6.04 Å². The van der Waals surface area contributed by atoms with Gasteiger partial charge in [-0.1, -0.05) is 31.6 Å². The molecular weight excluding hydrogens is 280 g/mol. The van der Waals surface area contributed by atoms with Crippen molar-refractivity contribution in [3.63, 3.8) is 0 Å². The molecule has 0 aromatic rings. The molecule has 0 saturated carbocycles. The van der Waals surface area contributed by atoms with Crippen LogP contribution in [0, 0.1) is 0 Å². The molecule has 2 heterocycles. The Kier molecular flexibility index (Phi) is 4.96. The average molecular weight is 302 g/mol. The molecular formula is C17H22N2O3. The molecule has 2 aliphatic heterocycles. The highest BCUT2D eigenvalue weighted by molar-refractivity contribution is 6.02. The number of piperidine rings is 1. The molecule has 22 heavy (non-hydrogen) atoms. The van der Waals surface area contributed by atoms with Gasteiger partial charge >= 0.3 is 0 Å². The van der Waals surface area contributed by atoms with Crippen molar-refractivity contribution < 1.29 is 14.4 Å². The van der Waals surface area contributed by atoms with Crippen molar-refractivity contribution in [1.29, 1.82) is 0 Å². The molecule has 5 nitrogen and oxygen atoms in total. The Bertz CT molecular complexity index is 599. The third kappa shape index (κ3) is 3.03. The second kappa shape index (κ2) is 6.73. The predicted octanol–water partition coefficient (Wildman–Crippen LogP) is 2.21. The van der Waals surface area contributed by atoms with E-state index in [-0.39, 0.29) is 24.1 Å². The first-order valence-electron chi connectivity index (χ1n) is 7.78. The number of nitrogens with one attached hydrogen (secondary N) is 1. The molecule has 1 fully saturated rings. The zero-order valence-electron chi connectivity index (χ0n) is 13.3. The number of hydrogen-bond donors (Lipinski definition) is 1. The van der Waals surface area contributed by atoms with Crippen LogP contribution in [-0.2, 0) is 14.4 Å². The Morgan fingerprint density at radius 3 is 2.59 bits per heavy atom. The maximum absolute atomic E-state index is 12.3. The Labute approximate surface area is 130 Å². The molecule has 5 heteroatoms. The summed E-state index contributed by atoms with van der Waals surface area (Å²) in [5, 5.41) is 2.32. The minimum atomic E-state index is -0.559. The van der Waals surface area contributed by atoms with Gasteiger partial charge in [-0.05, 0) is 31.4 Å². The van der Waals surface area contributed by atoms with Gasteiger partial charge in [-0.2, -0.15) is 0 Å². The Morgan fingerprint density at radius 2 is 1.91 bits per heavy atom. The molecule has 1 unspecified atom stereocenters. The zero-order valence-corrected chi connectivity index (χ0v) is 13.3. The fourth-order valence-electron chi connectivity index (χ4n) is 2.98. The van der Waals surface area contributed by atoms with Gasteiger partial charge in [-0.3, -0.25) is 24.6 Å². The van der Waals surface area contributed by atoms with Crippen molar-refractivity contribution in [2.24, 2.45) is 0 Å². The lowest BCUT2D eigenvalue weighted by Gasteiger charge is -2.30. The Morgan fingerprint density at radius 1 is 1.18 bits per heavy atom. The maximum atomic E-state index is 12.3. The maximum Gasteiger partial charge on any atom is 0.249 e. The molecule has 0 bridgehead atoms. The van der Waals surface area contributed by atoms with Crippen LogP contribution in [0.3, 0.4) is 0 Å². The fourth-order valence-corrected chi connectivity index (χ4v) is 2.98. The van der Waals surface area contributed by atoms with Crippen molar-refractivity contribution >= 4 is 17.7 Å². The summed E-state index contributed by atoms with van der Waals surface area (Å²) in [6.45, 7) is 6.03. The van der Waals surface area contributed by atoms with Gasteiger partial charge in [0.15, 0.2) is 0 Å². The van der Waals surface area contributed by atoms with Crippen LogP contribution in [0.4, 0.5) is 0 Å². The first-order chi connectivity index (χ1) is 10.6. The molecule has 3 rings (SSSR count). The molecule has 3 aliphatic rings. The van der Waals surface area contributed by atoms with Crippen molar-refractivity contribution in [3.05, 3.63) is 35.1 Å². The number of carbonyl (C=O) groups excluding carboxylic acids is 3. The van der Waals surface area contributed by atoms with Gasteiger partial charge in [0, 0.05) is 12.1 Å². The van der Waals surface area contributed by atoms with E-state index in [0.717, 1.165) is 17.7 Å². The van der Waals surface area contributed by atoms with Crippen molar-refractivity contribution in [3.8, 4) is 0 Å². The second-order valence-electron chi connectivity index (χ2n) is 5.45. The quantitative estimate of drug-likeness (QED) is 0.755. The summed E-state index contributed by atoms with van der Waals surface area (Å²) in [7, 11) is 0. The summed E-state index contributed by atoms with van der Waals surface area (Å²) in [6, 6.07) is -0.559. The minimum Gasteiger partial charge on any atom is -0.300 e. The number of rotatable bonds is 1. The minimum absolute atomic E-state index is 0.0520. The monoisotopic (exact) mass is 302 g/mol. The van der Waals surface area contributed by atoms with Gasteiger partial charge in [0.25, 0.3) is 0 Å². The lowest BCUT2D eigenvalue weighted by Crippen LogP contribution is -2.52. The van der Waals surface area contributed by atoms with Crippen LogP contribution in [-0.4, -0.2) is 28.7 Å². The molecule has 0 aromatic heterocycles. The van der Waals surface area contributed by atoms with E-state index in [2.05, 4.69) is 5.32 Å². The van der Waals surface area contributed by atoms with E-state index in [1.807, 2.05) is 39.0 Å². The number of hydrogen-bond acceptors (Lipinski definition) is 3. The van der Waals surface area contributed by atoms with Crippen LogP contribution >= 0.6 is 0 Å². The number of nitrogens with zero attached hydrogens (tertiary/aromatic N) is 1. The summed E-state index contributed by atoms with van der Waals surface area (Å²) in [5.41, 5.74) is 3.09. The third-order valence-electron chi connectivity index (χ3n) is 3.90. The van der Waals surface area contributed by atoms with Gasteiger partial charge in [-0.25, -0.2) is 0 Å². The van der Waals surface area contributed by atoms with Crippen molar-refractivity contribution in [1.82, 2.24) is 10.2 Å². The fraction of sp³-hybridized carbons (Fsp3) is 0.471. The van der Waals surface area contributed by atoms with Gasteiger partial charge in [0.2, 0.25) is 17.7 Å². The van der Waals surface area contributed by atoms with Crippen molar-refractivity contribution in [2.75, 3.05) is 0 Å². The summed E-state index contributed by atoms with van der Waals surface area (Å²) in [6.07, 6.45) is 7.62. The van der Waals surface area contributed by atoms with Crippen LogP contribution < -0.4 is 5.32 Å². The Balaban J connectivity index is 0.000000847. The molecule has 0 spiro atoms. The van der Waals surface area contributed by atoms with E-state index >= 15 is 0 Å². The number of carbonyl (C=O) groups is 3. The predicted molar refractivity (Wildman–Crippen MR) is 83.5 cm³/mol. The molecule has 1 saturated heterocycles.